The molecule has 0 fully saturated rings. The van der Waals surface area contributed by atoms with Gasteiger partial charge in [-0.15, -0.1) is 0 Å². The van der Waals surface area contributed by atoms with Crippen LogP contribution in [0, 0.1) is 0 Å². The van der Waals surface area contributed by atoms with Gasteiger partial charge in [0.15, 0.2) is 0 Å². The number of carbonyl (C=O) groups excluding carboxylic acids is 2. The number of benzene rings is 1. The maximum atomic E-state index is 12.9. The highest BCUT2D eigenvalue weighted by molar-refractivity contribution is 5.95. The van der Waals surface area contributed by atoms with E-state index in [9.17, 15) is 22.8 Å². The number of hydrogen-bond acceptors (Lipinski definition) is 4. The van der Waals surface area contributed by atoms with Gasteiger partial charge in [0.05, 0.1) is 23.8 Å². The van der Waals surface area contributed by atoms with Gasteiger partial charge in [-0.2, -0.15) is 13.2 Å². The fourth-order valence-corrected chi connectivity index (χ4v) is 3.23. The van der Waals surface area contributed by atoms with E-state index in [-0.39, 0.29) is 12.2 Å². The predicted molar refractivity (Wildman–Crippen MR) is 102 cm³/mol. The van der Waals surface area contributed by atoms with Crippen LogP contribution in [-0.4, -0.2) is 55.6 Å². The molecule has 1 aliphatic rings. The molecule has 0 aliphatic carbocycles. The van der Waals surface area contributed by atoms with Crippen molar-refractivity contribution in [1.29, 1.82) is 0 Å². The molecule has 0 saturated carbocycles. The van der Waals surface area contributed by atoms with E-state index < -0.39 is 29.8 Å². The highest BCUT2D eigenvalue weighted by Gasteiger charge is 2.37. The fraction of sp³-hybridized carbons (Fsp3) is 0.500. The second kappa shape index (κ2) is 9.30. The minimum Gasteiger partial charge on any atom is -0.463 e. The number of rotatable bonds is 7. The molecule has 6 nitrogen and oxygen atoms in total. The van der Waals surface area contributed by atoms with Crippen molar-refractivity contribution in [3.63, 3.8) is 0 Å². The van der Waals surface area contributed by atoms with E-state index in [2.05, 4.69) is 5.32 Å². The first-order valence-electron chi connectivity index (χ1n) is 9.40. The highest BCUT2D eigenvalue weighted by atomic mass is 19.4. The third-order valence-corrected chi connectivity index (χ3v) is 4.67. The number of amides is 2. The lowest BCUT2D eigenvalue weighted by Crippen LogP contribution is -2.49. The van der Waals surface area contributed by atoms with Gasteiger partial charge < -0.3 is 15.0 Å². The summed E-state index contributed by atoms with van der Waals surface area (Å²) in [5.74, 6) is -0.607. The molecule has 0 bridgehead atoms. The lowest BCUT2D eigenvalue weighted by atomic mass is 9.93. The molecule has 2 rings (SSSR count). The number of likely N-dealkylation sites (N-methyl/N-ethyl adjacent to an activating group) is 2. The Kier molecular flexibility index (Phi) is 7.29. The number of nitrogens with zero attached hydrogens (tertiary/aromatic N) is 2. The third kappa shape index (κ3) is 5.29. The van der Waals surface area contributed by atoms with Gasteiger partial charge in [0.1, 0.15) is 0 Å². The zero-order valence-corrected chi connectivity index (χ0v) is 17.0. The van der Waals surface area contributed by atoms with E-state index in [0.717, 1.165) is 25.1 Å². The molecule has 0 saturated heterocycles. The first-order valence-corrected chi connectivity index (χ1v) is 9.40. The standard InChI is InChI=1S/C20H26F3N3O3/c1-5-11-25(3)12-15-16(18(27)29-6-2)17(24-19(28)26(15)4)13-7-9-14(10-8-13)20(21,22)23/h7-10,17H,5-6,11-12H2,1-4H3,(H,24,28). The second-order valence-electron chi connectivity index (χ2n) is 6.88. The molecule has 0 aromatic heterocycles. The third-order valence-electron chi connectivity index (χ3n) is 4.67. The second-order valence-corrected chi connectivity index (χ2v) is 6.88. The van der Waals surface area contributed by atoms with Gasteiger partial charge >= 0.3 is 18.2 Å². The van der Waals surface area contributed by atoms with Crippen LogP contribution in [0.5, 0.6) is 0 Å². The largest absolute Gasteiger partial charge is 0.463 e. The Bertz CT molecular complexity index is 775. The molecular weight excluding hydrogens is 387 g/mol. The van der Waals surface area contributed by atoms with Crippen molar-refractivity contribution < 1.29 is 27.5 Å². The van der Waals surface area contributed by atoms with Crippen LogP contribution >= 0.6 is 0 Å². The Balaban J connectivity index is 2.53. The number of urea groups is 1. The van der Waals surface area contributed by atoms with E-state index in [4.69, 9.17) is 4.74 Å². The first-order chi connectivity index (χ1) is 13.6. The Hall–Kier alpha value is -2.55. The average molecular weight is 413 g/mol. The van der Waals surface area contributed by atoms with Crippen molar-refractivity contribution in [2.24, 2.45) is 0 Å². The van der Waals surface area contributed by atoms with Crippen molar-refractivity contribution in [2.45, 2.75) is 32.5 Å². The summed E-state index contributed by atoms with van der Waals surface area (Å²) in [5, 5.41) is 2.69. The number of alkyl halides is 3. The van der Waals surface area contributed by atoms with Crippen LogP contribution in [0.15, 0.2) is 35.5 Å². The minimum atomic E-state index is -4.47. The minimum absolute atomic E-state index is 0.137. The number of esters is 1. The monoisotopic (exact) mass is 413 g/mol. The molecule has 1 atom stereocenters. The van der Waals surface area contributed by atoms with E-state index in [1.165, 1.54) is 17.0 Å². The van der Waals surface area contributed by atoms with Crippen molar-refractivity contribution in [3.8, 4) is 0 Å². The number of halogens is 3. The summed E-state index contributed by atoms with van der Waals surface area (Å²) in [6, 6.07) is 3.07. The molecule has 160 valence electrons. The smallest absolute Gasteiger partial charge is 0.416 e. The molecule has 1 aromatic rings. The fourth-order valence-electron chi connectivity index (χ4n) is 3.23. The summed E-state index contributed by atoms with van der Waals surface area (Å²) >= 11 is 0. The van der Waals surface area contributed by atoms with Crippen molar-refractivity contribution in [1.82, 2.24) is 15.1 Å². The molecule has 9 heteroatoms. The van der Waals surface area contributed by atoms with Crippen LogP contribution in [0.4, 0.5) is 18.0 Å². The van der Waals surface area contributed by atoms with Crippen LogP contribution in [0.1, 0.15) is 37.4 Å². The maximum absolute atomic E-state index is 12.9. The molecule has 2 amide bonds. The normalized spacial score (nSPS) is 17.6. The molecule has 1 heterocycles. The first kappa shape index (κ1) is 22.7. The average Bonchev–Trinajstić information content (AvgIpc) is 2.65. The van der Waals surface area contributed by atoms with E-state index in [1.807, 2.05) is 18.9 Å². The van der Waals surface area contributed by atoms with Gasteiger partial charge in [0.25, 0.3) is 0 Å². The number of ether oxygens (including phenoxy) is 1. The van der Waals surface area contributed by atoms with Gasteiger partial charge in [-0.3, -0.25) is 4.90 Å². The van der Waals surface area contributed by atoms with E-state index in [1.54, 1.807) is 14.0 Å². The summed E-state index contributed by atoms with van der Waals surface area (Å²) in [7, 11) is 3.42. The summed E-state index contributed by atoms with van der Waals surface area (Å²) in [4.78, 5) is 28.6. The SMILES string of the molecule is CCCN(C)CC1=C(C(=O)OCC)C(c2ccc(C(F)(F)F)cc2)NC(=O)N1C. The predicted octanol–water partition coefficient (Wildman–Crippen LogP) is 3.56. The molecule has 1 unspecified atom stereocenters. The summed E-state index contributed by atoms with van der Waals surface area (Å²) in [6.45, 7) is 4.89. The topological polar surface area (TPSA) is 61.9 Å². The lowest BCUT2D eigenvalue weighted by molar-refractivity contribution is -0.139. The van der Waals surface area contributed by atoms with Gasteiger partial charge in [-0.05, 0) is 44.6 Å². The van der Waals surface area contributed by atoms with Crippen molar-refractivity contribution in [3.05, 3.63) is 46.7 Å². The van der Waals surface area contributed by atoms with Crippen LogP contribution in [0.3, 0.4) is 0 Å². The van der Waals surface area contributed by atoms with Crippen LogP contribution < -0.4 is 5.32 Å². The summed E-state index contributed by atoms with van der Waals surface area (Å²) in [6.07, 6.45) is -3.58. The Morgan fingerprint density at radius 1 is 1.24 bits per heavy atom. The number of carbonyl (C=O) groups is 2. The molecule has 0 spiro atoms. The van der Waals surface area contributed by atoms with Crippen LogP contribution in [0.25, 0.3) is 0 Å². The van der Waals surface area contributed by atoms with Gasteiger partial charge in [0.2, 0.25) is 0 Å². The Labute approximate surface area is 168 Å². The highest BCUT2D eigenvalue weighted by Crippen LogP contribution is 2.34. The zero-order chi connectivity index (χ0) is 21.8. The number of nitrogens with one attached hydrogen (secondary N) is 1. The van der Waals surface area contributed by atoms with Gasteiger partial charge in [-0.1, -0.05) is 19.1 Å². The molecule has 1 aromatic carbocycles. The van der Waals surface area contributed by atoms with Crippen LogP contribution in [0.2, 0.25) is 0 Å². The van der Waals surface area contributed by atoms with Gasteiger partial charge in [0, 0.05) is 19.3 Å². The summed E-state index contributed by atoms with van der Waals surface area (Å²) in [5.41, 5.74) is 0.257. The van der Waals surface area contributed by atoms with Crippen LogP contribution in [-0.2, 0) is 15.7 Å². The maximum Gasteiger partial charge on any atom is 0.416 e. The summed E-state index contributed by atoms with van der Waals surface area (Å²) < 4.78 is 43.9. The molecule has 1 aliphatic heterocycles. The van der Waals surface area contributed by atoms with Gasteiger partial charge in [-0.25, -0.2) is 9.59 Å². The zero-order valence-electron chi connectivity index (χ0n) is 17.0. The van der Waals surface area contributed by atoms with Crippen molar-refractivity contribution >= 4 is 12.0 Å². The quantitative estimate of drug-likeness (QED) is 0.695. The molecule has 0 radical (unpaired) electrons. The Morgan fingerprint density at radius 3 is 2.38 bits per heavy atom. The molecule has 1 N–H and O–H groups in total. The molecular formula is C20H26F3N3O3. The van der Waals surface area contributed by atoms with E-state index in [0.29, 0.717) is 17.8 Å². The Morgan fingerprint density at radius 2 is 1.86 bits per heavy atom. The van der Waals surface area contributed by atoms with Crippen molar-refractivity contribution in [2.75, 3.05) is 33.8 Å². The van der Waals surface area contributed by atoms with E-state index >= 15 is 0 Å². The molecule has 29 heavy (non-hydrogen) atoms. The number of hydrogen-bond donors (Lipinski definition) is 1. The lowest BCUT2D eigenvalue weighted by Gasteiger charge is -2.36.